The lowest BCUT2D eigenvalue weighted by Crippen LogP contribution is -2.35. The van der Waals surface area contributed by atoms with Crippen LogP contribution in [0.1, 0.15) is 48.5 Å². The van der Waals surface area contributed by atoms with Crippen molar-refractivity contribution in [2.75, 3.05) is 45.4 Å². The number of unbranched alkanes of at least 4 members (excludes halogenated alkanes) is 3. The summed E-state index contributed by atoms with van der Waals surface area (Å²) in [6.45, 7) is 6.24. The van der Waals surface area contributed by atoms with Gasteiger partial charge in [-0.25, -0.2) is 0 Å². The summed E-state index contributed by atoms with van der Waals surface area (Å²) in [5, 5.41) is 1.05. The van der Waals surface area contributed by atoms with Crippen molar-refractivity contribution in [3.05, 3.63) is 23.3 Å². The highest BCUT2D eigenvalue weighted by Crippen LogP contribution is 2.31. The first kappa shape index (κ1) is 21.2. The Balaban J connectivity index is 2.05. The van der Waals surface area contributed by atoms with Crippen LogP contribution >= 0.6 is 15.9 Å². The molecule has 1 heterocycles. The van der Waals surface area contributed by atoms with Crippen molar-refractivity contribution in [2.45, 2.75) is 39.2 Å². The maximum absolute atomic E-state index is 12.1. The summed E-state index contributed by atoms with van der Waals surface area (Å²) < 4.78 is 16.9. The maximum Gasteiger partial charge on any atom is 0.163 e. The average Bonchev–Trinajstić information content (AvgIpc) is 2.65. The van der Waals surface area contributed by atoms with E-state index in [0.29, 0.717) is 17.9 Å². The summed E-state index contributed by atoms with van der Waals surface area (Å²) in [4.78, 5) is 14.4. The molecule has 0 radical (unpaired) electrons. The van der Waals surface area contributed by atoms with Crippen molar-refractivity contribution in [1.82, 2.24) is 4.90 Å². The molecular formula is C20H30BrNO4. The molecule has 1 aromatic rings. The van der Waals surface area contributed by atoms with Crippen LogP contribution in [0.25, 0.3) is 0 Å². The Morgan fingerprint density at radius 3 is 2.54 bits per heavy atom. The van der Waals surface area contributed by atoms with Gasteiger partial charge in [-0.1, -0.05) is 28.8 Å². The van der Waals surface area contributed by atoms with Crippen LogP contribution in [0.5, 0.6) is 11.5 Å². The van der Waals surface area contributed by atoms with Gasteiger partial charge in [0.05, 0.1) is 32.5 Å². The van der Waals surface area contributed by atoms with Gasteiger partial charge in [0.25, 0.3) is 0 Å². The zero-order valence-electron chi connectivity index (χ0n) is 15.9. The Kier molecular flexibility index (Phi) is 9.43. The lowest BCUT2D eigenvalue weighted by molar-refractivity contribution is 0.0338. The number of alkyl halides is 1. The van der Waals surface area contributed by atoms with E-state index in [9.17, 15) is 4.79 Å². The van der Waals surface area contributed by atoms with Crippen molar-refractivity contribution in [1.29, 1.82) is 0 Å². The molecule has 1 aliphatic rings. The van der Waals surface area contributed by atoms with Gasteiger partial charge in [0.2, 0.25) is 0 Å². The maximum atomic E-state index is 12.1. The Morgan fingerprint density at radius 1 is 1.15 bits per heavy atom. The molecular weight excluding hydrogens is 398 g/mol. The number of morpholine rings is 1. The van der Waals surface area contributed by atoms with Crippen LogP contribution in [0.2, 0.25) is 0 Å². The van der Waals surface area contributed by atoms with Gasteiger partial charge in [-0.15, -0.1) is 0 Å². The molecule has 1 aliphatic heterocycles. The monoisotopic (exact) mass is 427 g/mol. The van der Waals surface area contributed by atoms with Gasteiger partial charge in [0, 0.05) is 36.6 Å². The van der Waals surface area contributed by atoms with E-state index in [1.54, 1.807) is 14.0 Å². The summed E-state index contributed by atoms with van der Waals surface area (Å²) in [6.07, 6.45) is 4.49. The smallest absolute Gasteiger partial charge is 0.163 e. The Bertz CT molecular complexity index is 573. The molecule has 0 N–H and O–H groups in total. The predicted molar refractivity (Wildman–Crippen MR) is 107 cm³/mol. The van der Waals surface area contributed by atoms with E-state index >= 15 is 0 Å². The van der Waals surface area contributed by atoms with E-state index < -0.39 is 0 Å². The van der Waals surface area contributed by atoms with E-state index in [1.807, 2.05) is 12.1 Å². The van der Waals surface area contributed by atoms with Crippen molar-refractivity contribution in [3.63, 3.8) is 0 Å². The zero-order valence-corrected chi connectivity index (χ0v) is 17.5. The van der Waals surface area contributed by atoms with Crippen LogP contribution < -0.4 is 9.47 Å². The SMILES string of the molecule is COc1cc(OCCCCCCBr)c(C(C)=O)cc1CN1CCOCC1. The molecule has 0 spiro atoms. The minimum Gasteiger partial charge on any atom is -0.496 e. The van der Waals surface area contributed by atoms with Gasteiger partial charge in [0.1, 0.15) is 11.5 Å². The highest BCUT2D eigenvalue weighted by atomic mass is 79.9. The third-order valence-corrected chi connectivity index (χ3v) is 5.11. The average molecular weight is 428 g/mol. The van der Waals surface area contributed by atoms with Crippen LogP contribution in [0.4, 0.5) is 0 Å². The molecule has 0 bridgehead atoms. The number of nitrogens with zero attached hydrogens (tertiary/aromatic N) is 1. The topological polar surface area (TPSA) is 48.0 Å². The van der Waals surface area contributed by atoms with Gasteiger partial charge in [0.15, 0.2) is 5.78 Å². The molecule has 26 heavy (non-hydrogen) atoms. The molecule has 0 aromatic heterocycles. The molecule has 0 unspecified atom stereocenters. The van der Waals surface area contributed by atoms with Gasteiger partial charge >= 0.3 is 0 Å². The molecule has 1 fully saturated rings. The third-order valence-electron chi connectivity index (χ3n) is 4.55. The van der Waals surface area contributed by atoms with Gasteiger partial charge < -0.3 is 14.2 Å². The minimum atomic E-state index is 0.0187. The first-order valence-electron chi connectivity index (χ1n) is 9.36. The number of benzene rings is 1. The zero-order chi connectivity index (χ0) is 18.8. The van der Waals surface area contributed by atoms with Crippen LogP contribution in [0, 0.1) is 0 Å². The number of carbonyl (C=O) groups excluding carboxylic acids is 1. The van der Waals surface area contributed by atoms with E-state index in [0.717, 1.165) is 62.3 Å². The second kappa shape index (κ2) is 11.6. The van der Waals surface area contributed by atoms with E-state index in [1.165, 1.54) is 12.8 Å². The first-order valence-corrected chi connectivity index (χ1v) is 10.5. The Morgan fingerprint density at radius 2 is 1.88 bits per heavy atom. The van der Waals surface area contributed by atoms with Gasteiger partial charge in [-0.2, -0.15) is 0 Å². The number of ketones is 1. The predicted octanol–water partition coefficient (Wildman–Crippen LogP) is 4.06. The normalized spacial score (nSPS) is 15.0. The molecule has 1 saturated heterocycles. The van der Waals surface area contributed by atoms with Crippen LogP contribution in [-0.4, -0.2) is 56.0 Å². The fourth-order valence-corrected chi connectivity index (χ4v) is 3.44. The molecule has 0 aliphatic carbocycles. The number of halogens is 1. The summed E-state index contributed by atoms with van der Waals surface area (Å²) in [5.41, 5.74) is 1.65. The largest absolute Gasteiger partial charge is 0.496 e. The lowest BCUT2D eigenvalue weighted by Gasteiger charge is -2.27. The second-order valence-electron chi connectivity index (χ2n) is 6.56. The summed E-state index contributed by atoms with van der Waals surface area (Å²) >= 11 is 3.45. The molecule has 2 rings (SSSR count). The first-order chi connectivity index (χ1) is 12.7. The van der Waals surface area contributed by atoms with E-state index in [2.05, 4.69) is 20.8 Å². The van der Waals surface area contributed by atoms with Crippen molar-refractivity contribution >= 4 is 21.7 Å². The lowest BCUT2D eigenvalue weighted by atomic mass is 10.0. The van der Waals surface area contributed by atoms with Crippen molar-refractivity contribution < 1.29 is 19.0 Å². The standard InChI is InChI=1S/C20H30BrNO4/c1-16(23)18-13-17(15-22-8-11-25-12-9-22)19(24-2)14-20(18)26-10-6-4-3-5-7-21/h13-14H,3-12,15H2,1-2H3. The number of Topliss-reactive ketones (excluding diaryl/α,β-unsaturated/α-hetero) is 1. The van der Waals surface area contributed by atoms with E-state index in [4.69, 9.17) is 14.2 Å². The Hall–Kier alpha value is -1.11. The molecule has 6 heteroatoms. The second-order valence-corrected chi connectivity index (χ2v) is 7.35. The highest BCUT2D eigenvalue weighted by molar-refractivity contribution is 9.09. The number of hydrogen-bond acceptors (Lipinski definition) is 5. The van der Waals surface area contributed by atoms with E-state index in [-0.39, 0.29) is 5.78 Å². The summed E-state index contributed by atoms with van der Waals surface area (Å²) in [5.74, 6) is 1.42. The molecule has 0 amide bonds. The van der Waals surface area contributed by atoms with Gasteiger partial charge in [-0.05, 0) is 25.8 Å². The van der Waals surface area contributed by atoms with Crippen molar-refractivity contribution in [2.24, 2.45) is 0 Å². The van der Waals surface area contributed by atoms with Gasteiger partial charge in [-0.3, -0.25) is 9.69 Å². The molecule has 0 saturated carbocycles. The number of carbonyl (C=O) groups is 1. The van der Waals surface area contributed by atoms with Crippen LogP contribution in [0.3, 0.4) is 0 Å². The molecule has 0 atom stereocenters. The molecule has 1 aromatic carbocycles. The van der Waals surface area contributed by atoms with Crippen LogP contribution in [-0.2, 0) is 11.3 Å². The number of methoxy groups -OCH3 is 1. The van der Waals surface area contributed by atoms with Crippen LogP contribution in [0.15, 0.2) is 12.1 Å². The quantitative estimate of drug-likeness (QED) is 0.302. The summed E-state index contributed by atoms with van der Waals surface area (Å²) in [6, 6.07) is 3.79. The molecule has 5 nitrogen and oxygen atoms in total. The highest BCUT2D eigenvalue weighted by Gasteiger charge is 2.18. The fourth-order valence-electron chi connectivity index (χ4n) is 3.05. The fraction of sp³-hybridized carbons (Fsp3) is 0.650. The molecule has 146 valence electrons. The van der Waals surface area contributed by atoms with Crippen molar-refractivity contribution in [3.8, 4) is 11.5 Å². The summed E-state index contributed by atoms with van der Waals surface area (Å²) in [7, 11) is 1.66. The minimum absolute atomic E-state index is 0.0187. The number of rotatable bonds is 11. The number of ether oxygens (including phenoxy) is 3. The third kappa shape index (κ3) is 6.56. The number of hydrogen-bond donors (Lipinski definition) is 0. The Labute approximate surface area is 165 Å².